The number of amides is 2. The van der Waals surface area contributed by atoms with Crippen molar-refractivity contribution < 1.29 is 14.0 Å². The number of fused-ring (bicyclic) bond motifs is 1. The fraction of sp³-hybridized carbons (Fsp3) is 0.385. The minimum Gasteiger partial charge on any atom is -0.326 e. The number of nitrogens with one attached hydrogen (secondary N) is 3. The van der Waals surface area contributed by atoms with Crippen LogP contribution >= 0.6 is 0 Å². The van der Waals surface area contributed by atoms with Gasteiger partial charge in [-0.3, -0.25) is 9.59 Å². The molecule has 0 fully saturated rings. The Kier molecular flexibility index (Phi) is 4.11. The van der Waals surface area contributed by atoms with Crippen molar-refractivity contribution in [3.8, 4) is 0 Å². The van der Waals surface area contributed by atoms with E-state index in [1.807, 2.05) is 0 Å². The highest BCUT2D eigenvalue weighted by Crippen LogP contribution is 2.28. The lowest BCUT2D eigenvalue weighted by atomic mass is 10.0. The van der Waals surface area contributed by atoms with Crippen LogP contribution in [0.2, 0.25) is 0 Å². The quantitative estimate of drug-likeness (QED) is 0.767. The van der Waals surface area contributed by atoms with E-state index in [1.54, 1.807) is 7.05 Å². The Morgan fingerprint density at radius 3 is 2.95 bits per heavy atom. The molecule has 2 rings (SSSR count). The molecule has 1 aromatic carbocycles. The van der Waals surface area contributed by atoms with Gasteiger partial charge in [0.25, 0.3) is 0 Å². The van der Waals surface area contributed by atoms with Gasteiger partial charge in [-0.1, -0.05) is 0 Å². The molecule has 0 saturated carbocycles. The summed E-state index contributed by atoms with van der Waals surface area (Å²) in [5.74, 6) is -0.838. The first-order valence-electron chi connectivity index (χ1n) is 6.17. The van der Waals surface area contributed by atoms with Crippen LogP contribution in [0.1, 0.15) is 18.4 Å². The molecule has 0 radical (unpaired) electrons. The van der Waals surface area contributed by atoms with Crippen molar-refractivity contribution in [3.05, 3.63) is 23.5 Å². The number of anilines is 2. The molecule has 3 N–H and O–H groups in total. The molecule has 1 heterocycles. The smallest absolute Gasteiger partial charge is 0.225 e. The Morgan fingerprint density at radius 1 is 1.42 bits per heavy atom. The summed E-state index contributed by atoms with van der Waals surface area (Å²) in [5, 5.41) is 8.02. The van der Waals surface area contributed by atoms with Crippen LogP contribution in [0.3, 0.4) is 0 Å². The van der Waals surface area contributed by atoms with E-state index in [-0.39, 0.29) is 23.9 Å². The van der Waals surface area contributed by atoms with Crippen LogP contribution in [0.25, 0.3) is 0 Å². The van der Waals surface area contributed by atoms with Gasteiger partial charge in [-0.25, -0.2) is 4.39 Å². The highest BCUT2D eigenvalue weighted by Gasteiger charge is 2.18. The summed E-state index contributed by atoms with van der Waals surface area (Å²) in [7, 11) is 1.74. The van der Waals surface area contributed by atoms with E-state index in [9.17, 15) is 14.0 Å². The second kappa shape index (κ2) is 5.79. The summed E-state index contributed by atoms with van der Waals surface area (Å²) in [6.07, 6.45) is 1.14. The largest absolute Gasteiger partial charge is 0.326 e. The second-order valence-corrected chi connectivity index (χ2v) is 4.44. The lowest BCUT2D eigenvalue weighted by molar-refractivity contribution is -0.117. The summed E-state index contributed by atoms with van der Waals surface area (Å²) in [6, 6.07) is 2.83. The molecule has 0 aromatic heterocycles. The number of hydrogen-bond acceptors (Lipinski definition) is 3. The molecule has 2 amide bonds. The Labute approximate surface area is 110 Å². The van der Waals surface area contributed by atoms with Crippen molar-refractivity contribution in [1.29, 1.82) is 0 Å². The number of halogens is 1. The predicted octanol–water partition coefficient (Wildman–Crippen LogP) is 1.26. The van der Waals surface area contributed by atoms with Gasteiger partial charge in [-0.05, 0) is 31.2 Å². The summed E-state index contributed by atoms with van der Waals surface area (Å²) >= 11 is 0. The second-order valence-electron chi connectivity index (χ2n) is 4.44. The van der Waals surface area contributed by atoms with E-state index in [1.165, 1.54) is 12.1 Å². The number of benzene rings is 1. The zero-order chi connectivity index (χ0) is 13.8. The normalized spacial score (nSPS) is 13.7. The Hall–Kier alpha value is -1.95. The molecule has 0 spiro atoms. The maximum atomic E-state index is 13.8. The molecule has 0 aliphatic carbocycles. The molecule has 1 aliphatic heterocycles. The Morgan fingerprint density at radius 2 is 2.21 bits per heavy atom. The van der Waals surface area contributed by atoms with E-state index in [2.05, 4.69) is 16.0 Å². The highest BCUT2D eigenvalue weighted by atomic mass is 19.1. The zero-order valence-corrected chi connectivity index (χ0v) is 10.7. The standard InChI is InChI=1S/C13H16FN3O2/c1-15-5-4-13(19)17-11-7-10-8(6-9(11)14)2-3-12(18)16-10/h6-7,15H,2-5H2,1H3,(H,16,18)(H,17,19). The molecular formula is C13H16FN3O2. The molecular weight excluding hydrogens is 249 g/mol. The van der Waals surface area contributed by atoms with Crippen LogP contribution in [0.5, 0.6) is 0 Å². The molecule has 0 atom stereocenters. The zero-order valence-electron chi connectivity index (χ0n) is 10.7. The lowest BCUT2D eigenvalue weighted by Gasteiger charge is -2.18. The van der Waals surface area contributed by atoms with Gasteiger partial charge >= 0.3 is 0 Å². The third kappa shape index (κ3) is 3.29. The van der Waals surface area contributed by atoms with Crippen molar-refractivity contribution in [3.63, 3.8) is 0 Å². The number of carbonyl (C=O) groups excluding carboxylic acids is 2. The van der Waals surface area contributed by atoms with Gasteiger partial charge in [0, 0.05) is 25.1 Å². The number of carbonyl (C=O) groups is 2. The van der Waals surface area contributed by atoms with E-state index in [0.717, 1.165) is 5.56 Å². The molecule has 19 heavy (non-hydrogen) atoms. The molecule has 6 heteroatoms. The monoisotopic (exact) mass is 265 g/mol. The average Bonchev–Trinajstić information content (AvgIpc) is 2.38. The topological polar surface area (TPSA) is 70.2 Å². The summed E-state index contributed by atoms with van der Waals surface area (Å²) in [4.78, 5) is 22.8. The minimum absolute atomic E-state index is 0.0911. The van der Waals surface area contributed by atoms with Crippen LogP contribution < -0.4 is 16.0 Å². The van der Waals surface area contributed by atoms with Gasteiger partial charge in [0.1, 0.15) is 5.82 Å². The van der Waals surface area contributed by atoms with Crippen molar-refractivity contribution in [2.45, 2.75) is 19.3 Å². The summed E-state index contributed by atoms with van der Waals surface area (Å²) < 4.78 is 13.8. The number of aryl methyl sites for hydroxylation is 1. The minimum atomic E-state index is -0.479. The third-order valence-electron chi connectivity index (χ3n) is 2.96. The molecule has 5 nitrogen and oxygen atoms in total. The van der Waals surface area contributed by atoms with Crippen molar-refractivity contribution in [2.24, 2.45) is 0 Å². The molecule has 1 aromatic rings. The molecule has 0 saturated heterocycles. The first kappa shape index (κ1) is 13.5. The van der Waals surface area contributed by atoms with Gasteiger partial charge in [-0.2, -0.15) is 0 Å². The van der Waals surface area contributed by atoms with E-state index in [0.29, 0.717) is 25.1 Å². The van der Waals surface area contributed by atoms with E-state index >= 15 is 0 Å². The average molecular weight is 265 g/mol. The number of hydrogen-bond donors (Lipinski definition) is 3. The van der Waals surface area contributed by atoms with Gasteiger partial charge < -0.3 is 16.0 Å². The van der Waals surface area contributed by atoms with Crippen LogP contribution in [-0.4, -0.2) is 25.4 Å². The fourth-order valence-corrected chi connectivity index (χ4v) is 1.95. The Bertz CT molecular complexity index is 517. The van der Waals surface area contributed by atoms with Crippen LogP contribution in [-0.2, 0) is 16.0 Å². The summed E-state index contributed by atoms with van der Waals surface area (Å²) in [5.41, 5.74) is 1.42. The molecule has 0 bridgehead atoms. The predicted molar refractivity (Wildman–Crippen MR) is 70.5 cm³/mol. The highest BCUT2D eigenvalue weighted by molar-refractivity contribution is 5.96. The van der Waals surface area contributed by atoms with E-state index in [4.69, 9.17) is 0 Å². The van der Waals surface area contributed by atoms with Gasteiger partial charge in [0.05, 0.1) is 5.69 Å². The van der Waals surface area contributed by atoms with Crippen LogP contribution in [0.4, 0.5) is 15.8 Å². The van der Waals surface area contributed by atoms with Crippen LogP contribution in [0.15, 0.2) is 12.1 Å². The fourth-order valence-electron chi connectivity index (χ4n) is 1.95. The van der Waals surface area contributed by atoms with Gasteiger partial charge in [-0.15, -0.1) is 0 Å². The molecule has 1 aliphatic rings. The first-order chi connectivity index (χ1) is 9.10. The Balaban J connectivity index is 2.15. The number of rotatable bonds is 4. The van der Waals surface area contributed by atoms with Crippen molar-refractivity contribution >= 4 is 23.2 Å². The molecule has 0 unspecified atom stereocenters. The van der Waals surface area contributed by atoms with Crippen molar-refractivity contribution in [2.75, 3.05) is 24.2 Å². The maximum Gasteiger partial charge on any atom is 0.225 e. The molecule has 102 valence electrons. The van der Waals surface area contributed by atoms with Gasteiger partial charge in [0.2, 0.25) is 11.8 Å². The van der Waals surface area contributed by atoms with Gasteiger partial charge in [0.15, 0.2) is 0 Å². The maximum absolute atomic E-state index is 13.8. The van der Waals surface area contributed by atoms with E-state index < -0.39 is 5.82 Å². The first-order valence-corrected chi connectivity index (χ1v) is 6.17. The third-order valence-corrected chi connectivity index (χ3v) is 2.96. The van der Waals surface area contributed by atoms with Crippen molar-refractivity contribution in [1.82, 2.24) is 5.32 Å². The summed E-state index contributed by atoms with van der Waals surface area (Å²) in [6.45, 7) is 0.523. The van der Waals surface area contributed by atoms with Crippen LogP contribution in [0, 0.1) is 5.82 Å². The lowest BCUT2D eigenvalue weighted by Crippen LogP contribution is -2.21. The SMILES string of the molecule is CNCCC(=O)Nc1cc2c(cc1F)CCC(=O)N2.